The molecule has 2 N–H and O–H groups in total. The van der Waals surface area contributed by atoms with Gasteiger partial charge in [0.2, 0.25) is 5.88 Å². The smallest absolute Gasteiger partial charge is 0.254 e. The Balaban J connectivity index is 1.57. The third kappa shape index (κ3) is 3.37. The number of fused-ring (bicyclic) bond motifs is 1. The second-order valence-electron chi connectivity index (χ2n) is 6.84. The average Bonchev–Trinajstić information content (AvgIpc) is 3.46. The lowest BCUT2D eigenvalue weighted by atomic mass is 10.1. The van der Waals surface area contributed by atoms with Crippen LogP contribution in [0.5, 0.6) is 11.6 Å². The largest absolute Gasteiger partial charge is 0.439 e. The molecule has 5 rings (SSSR count). The van der Waals surface area contributed by atoms with Crippen LogP contribution in [0.25, 0.3) is 28.0 Å². The lowest BCUT2D eigenvalue weighted by molar-refractivity contribution is 0.0969. The van der Waals surface area contributed by atoms with Crippen molar-refractivity contribution < 1.29 is 9.53 Å². The maximum absolute atomic E-state index is 11.9. The Morgan fingerprint density at radius 1 is 1.06 bits per heavy atom. The maximum Gasteiger partial charge on any atom is 0.254 e. The van der Waals surface area contributed by atoms with Crippen LogP contribution < -0.4 is 10.5 Å². The standard InChI is InChI=1S/C23H17N7O2/c1-2-19(31)29-11-10-16(13-29)30-23-20(22(24)26-14-27-23)21(28-30)15-8-9-18(25-12-15)32-17-6-4-3-5-7-17/h2-14H,1H2,(H2,24,26,27). The summed E-state index contributed by atoms with van der Waals surface area (Å²) >= 11 is 0. The molecule has 1 aromatic carbocycles. The van der Waals surface area contributed by atoms with E-state index in [1.165, 1.54) is 17.0 Å². The molecule has 0 radical (unpaired) electrons. The first kappa shape index (κ1) is 19.2. The van der Waals surface area contributed by atoms with Gasteiger partial charge in [0.15, 0.2) is 5.65 Å². The van der Waals surface area contributed by atoms with E-state index in [9.17, 15) is 4.79 Å². The van der Waals surface area contributed by atoms with Gasteiger partial charge in [0.1, 0.15) is 23.6 Å². The molecular weight excluding hydrogens is 406 g/mol. The molecule has 0 saturated heterocycles. The van der Waals surface area contributed by atoms with Crippen molar-refractivity contribution in [1.82, 2.24) is 29.3 Å². The van der Waals surface area contributed by atoms with Crippen molar-refractivity contribution >= 4 is 22.8 Å². The first-order valence-corrected chi connectivity index (χ1v) is 9.67. The summed E-state index contributed by atoms with van der Waals surface area (Å²) in [7, 11) is 0. The molecule has 5 aromatic rings. The number of carbonyl (C=O) groups excluding carboxylic acids is 1. The van der Waals surface area contributed by atoms with Crippen LogP contribution in [0.2, 0.25) is 0 Å². The van der Waals surface area contributed by atoms with E-state index in [4.69, 9.17) is 15.6 Å². The minimum absolute atomic E-state index is 0.250. The SMILES string of the molecule is C=CC(=O)n1ccc(-n2nc(-c3ccc(Oc4ccccc4)nc3)c3c(N)ncnc32)c1. The van der Waals surface area contributed by atoms with E-state index < -0.39 is 0 Å². The summed E-state index contributed by atoms with van der Waals surface area (Å²) in [6.07, 6.45) is 7.55. The van der Waals surface area contributed by atoms with Crippen molar-refractivity contribution in [3.63, 3.8) is 0 Å². The molecule has 0 aliphatic rings. The van der Waals surface area contributed by atoms with E-state index in [2.05, 4.69) is 21.5 Å². The zero-order valence-electron chi connectivity index (χ0n) is 16.8. The summed E-state index contributed by atoms with van der Waals surface area (Å²) in [5.74, 6) is 1.19. The van der Waals surface area contributed by atoms with E-state index in [1.54, 1.807) is 35.4 Å². The van der Waals surface area contributed by atoms with Crippen molar-refractivity contribution in [1.29, 1.82) is 0 Å². The number of aromatic nitrogens is 6. The van der Waals surface area contributed by atoms with E-state index >= 15 is 0 Å². The van der Waals surface area contributed by atoms with Gasteiger partial charge in [0.25, 0.3) is 5.91 Å². The maximum atomic E-state index is 11.9. The summed E-state index contributed by atoms with van der Waals surface area (Å²) in [6, 6.07) is 14.8. The number of hydrogen-bond donors (Lipinski definition) is 1. The van der Waals surface area contributed by atoms with Crippen molar-refractivity contribution in [2.45, 2.75) is 0 Å². The first-order valence-electron chi connectivity index (χ1n) is 9.67. The number of anilines is 1. The van der Waals surface area contributed by atoms with E-state index in [1.807, 2.05) is 36.4 Å². The fourth-order valence-electron chi connectivity index (χ4n) is 3.30. The number of carbonyl (C=O) groups is 1. The number of para-hydroxylation sites is 1. The van der Waals surface area contributed by atoms with Crippen LogP contribution in [0.15, 0.2) is 86.1 Å². The Morgan fingerprint density at radius 2 is 1.91 bits per heavy atom. The van der Waals surface area contributed by atoms with Crippen molar-refractivity contribution in [2.75, 3.05) is 5.73 Å². The molecule has 156 valence electrons. The number of allylic oxidation sites excluding steroid dienone is 1. The Morgan fingerprint density at radius 3 is 2.66 bits per heavy atom. The van der Waals surface area contributed by atoms with Crippen LogP contribution in [0.1, 0.15) is 4.79 Å². The van der Waals surface area contributed by atoms with Gasteiger partial charge in [-0.05, 0) is 30.3 Å². The number of rotatable bonds is 5. The monoisotopic (exact) mass is 423 g/mol. The van der Waals surface area contributed by atoms with Gasteiger partial charge in [-0.3, -0.25) is 9.36 Å². The molecule has 32 heavy (non-hydrogen) atoms. The van der Waals surface area contributed by atoms with Gasteiger partial charge in [-0.15, -0.1) is 0 Å². The molecular formula is C23H17N7O2. The van der Waals surface area contributed by atoms with Gasteiger partial charge < -0.3 is 10.5 Å². The number of nitrogens with two attached hydrogens (primary N) is 1. The highest BCUT2D eigenvalue weighted by molar-refractivity contribution is 5.99. The summed E-state index contributed by atoms with van der Waals surface area (Å²) in [5.41, 5.74) is 8.62. The first-order chi connectivity index (χ1) is 15.6. The average molecular weight is 423 g/mol. The number of hydrogen-bond acceptors (Lipinski definition) is 7. The normalized spacial score (nSPS) is 10.9. The predicted molar refractivity (Wildman–Crippen MR) is 120 cm³/mol. The van der Waals surface area contributed by atoms with Gasteiger partial charge in [-0.2, -0.15) is 5.10 Å². The summed E-state index contributed by atoms with van der Waals surface area (Å²) < 4.78 is 8.79. The molecule has 0 spiro atoms. The van der Waals surface area contributed by atoms with Crippen LogP contribution >= 0.6 is 0 Å². The highest BCUT2D eigenvalue weighted by Crippen LogP contribution is 2.32. The van der Waals surface area contributed by atoms with Crippen LogP contribution in [0, 0.1) is 0 Å². The lowest BCUT2D eigenvalue weighted by Crippen LogP contribution is -2.04. The van der Waals surface area contributed by atoms with E-state index in [0.717, 1.165) is 5.56 Å². The van der Waals surface area contributed by atoms with Gasteiger partial charge in [0, 0.05) is 30.2 Å². The van der Waals surface area contributed by atoms with Gasteiger partial charge >= 0.3 is 0 Å². The molecule has 0 bridgehead atoms. The minimum atomic E-state index is -0.250. The van der Waals surface area contributed by atoms with Gasteiger partial charge in [0.05, 0.1) is 11.1 Å². The number of ether oxygens (including phenoxy) is 1. The Labute approximate surface area is 182 Å². The Kier molecular flexibility index (Phi) is 4.68. The van der Waals surface area contributed by atoms with E-state index in [-0.39, 0.29) is 5.91 Å². The zero-order valence-corrected chi connectivity index (χ0v) is 16.8. The Hall–Kier alpha value is -4.79. The molecule has 0 amide bonds. The number of nitrogens with zero attached hydrogens (tertiary/aromatic N) is 6. The molecule has 0 saturated carbocycles. The third-order valence-electron chi connectivity index (χ3n) is 4.82. The van der Waals surface area contributed by atoms with Gasteiger partial charge in [-0.25, -0.2) is 19.6 Å². The molecule has 0 atom stereocenters. The van der Waals surface area contributed by atoms with Crippen LogP contribution in [0.3, 0.4) is 0 Å². The van der Waals surface area contributed by atoms with Crippen molar-refractivity contribution in [3.05, 3.63) is 86.1 Å². The van der Waals surface area contributed by atoms with Crippen molar-refractivity contribution in [3.8, 4) is 28.6 Å². The lowest BCUT2D eigenvalue weighted by Gasteiger charge is -2.05. The number of pyridine rings is 1. The molecule has 0 aliphatic heterocycles. The highest BCUT2D eigenvalue weighted by Gasteiger charge is 2.19. The van der Waals surface area contributed by atoms with Crippen LogP contribution in [-0.2, 0) is 0 Å². The number of nitrogen functional groups attached to an aromatic ring is 1. The third-order valence-corrected chi connectivity index (χ3v) is 4.82. The second-order valence-corrected chi connectivity index (χ2v) is 6.84. The topological polar surface area (TPSA) is 114 Å². The fourth-order valence-corrected chi connectivity index (χ4v) is 3.30. The quantitative estimate of drug-likeness (QED) is 0.427. The molecule has 4 heterocycles. The van der Waals surface area contributed by atoms with Crippen molar-refractivity contribution in [2.24, 2.45) is 0 Å². The summed E-state index contributed by atoms with van der Waals surface area (Å²) in [5, 5.41) is 5.30. The second kappa shape index (κ2) is 7.80. The number of benzene rings is 1. The van der Waals surface area contributed by atoms with Crippen LogP contribution in [-0.4, -0.2) is 35.2 Å². The predicted octanol–water partition coefficient (Wildman–Crippen LogP) is 3.88. The Bertz CT molecular complexity index is 1440. The minimum Gasteiger partial charge on any atom is -0.439 e. The highest BCUT2D eigenvalue weighted by atomic mass is 16.5. The zero-order chi connectivity index (χ0) is 22.1. The fraction of sp³-hybridized carbons (Fsp3) is 0. The summed E-state index contributed by atoms with van der Waals surface area (Å²) in [6.45, 7) is 3.51. The van der Waals surface area contributed by atoms with Gasteiger partial charge in [-0.1, -0.05) is 24.8 Å². The molecule has 4 aromatic heterocycles. The molecule has 9 nitrogen and oxygen atoms in total. The molecule has 0 fully saturated rings. The van der Waals surface area contributed by atoms with Crippen LogP contribution in [0.4, 0.5) is 5.82 Å². The molecule has 9 heteroatoms. The summed E-state index contributed by atoms with van der Waals surface area (Å²) in [4.78, 5) is 24.8. The molecule has 0 aliphatic carbocycles. The molecule has 0 unspecified atom stereocenters. The van der Waals surface area contributed by atoms with E-state index in [0.29, 0.717) is 39.9 Å².